The fourth-order valence-electron chi connectivity index (χ4n) is 4.15. The van der Waals surface area contributed by atoms with E-state index in [1.165, 1.54) is 24.5 Å². The normalized spacial score (nSPS) is 18.0. The van der Waals surface area contributed by atoms with Gasteiger partial charge < -0.3 is 0 Å². The van der Waals surface area contributed by atoms with Gasteiger partial charge in [-0.3, -0.25) is 19.8 Å². The second kappa shape index (κ2) is 8.76. The summed E-state index contributed by atoms with van der Waals surface area (Å²) in [7, 11) is 0. The Kier molecular flexibility index (Phi) is 5.93. The molecule has 3 heterocycles. The number of hydrogen-bond donors (Lipinski definition) is 0. The molecule has 4 rings (SSSR count). The lowest BCUT2D eigenvalue weighted by molar-refractivity contribution is 0.0911. The Morgan fingerprint density at radius 3 is 2.82 bits per heavy atom. The summed E-state index contributed by atoms with van der Waals surface area (Å²) >= 11 is 0. The van der Waals surface area contributed by atoms with Gasteiger partial charge in [0.25, 0.3) is 0 Å². The molecule has 0 radical (unpaired) electrons. The van der Waals surface area contributed by atoms with E-state index in [0.29, 0.717) is 6.04 Å². The lowest BCUT2D eigenvalue weighted by atomic mass is 10.0. The van der Waals surface area contributed by atoms with Crippen molar-refractivity contribution in [3.05, 3.63) is 71.9 Å². The second-order valence-electron chi connectivity index (χ2n) is 7.59. The van der Waals surface area contributed by atoms with Crippen LogP contribution in [0.3, 0.4) is 0 Å². The molecule has 146 valence electrons. The van der Waals surface area contributed by atoms with Crippen LogP contribution < -0.4 is 0 Å². The predicted octanol–water partition coefficient (Wildman–Crippen LogP) is 4.26. The van der Waals surface area contributed by atoms with Crippen molar-refractivity contribution in [3.8, 4) is 0 Å². The van der Waals surface area contributed by atoms with E-state index in [1.807, 2.05) is 24.5 Å². The van der Waals surface area contributed by atoms with Gasteiger partial charge in [-0.25, -0.2) is 4.39 Å². The fourth-order valence-corrected chi connectivity index (χ4v) is 4.15. The minimum Gasteiger partial charge on any atom is -0.296 e. The summed E-state index contributed by atoms with van der Waals surface area (Å²) in [6.45, 7) is 7.26. The van der Waals surface area contributed by atoms with Gasteiger partial charge in [0.2, 0.25) is 0 Å². The summed E-state index contributed by atoms with van der Waals surface area (Å²) in [6.07, 6.45) is 6.18. The standard InChI is InChI=1S/C23H27FN4/c1-2-28(15-18-9-11-25-12-10-18)22-4-3-13-27(17-22)16-21-7-5-19-14-20(24)6-8-23(19)26-21/h5-12,14,22H,2-4,13,15-17H2,1H3. The molecular weight excluding hydrogens is 351 g/mol. The van der Waals surface area contributed by atoms with Crippen molar-refractivity contribution in [1.29, 1.82) is 0 Å². The SMILES string of the molecule is CCN(Cc1ccncc1)C1CCCN(Cc2ccc3cc(F)ccc3n2)C1. The number of nitrogens with zero attached hydrogens (tertiary/aromatic N) is 4. The minimum atomic E-state index is -0.213. The van der Waals surface area contributed by atoms with Crippen molar-refractivity contribution in [2.45, 2.75) is 38.9 Å². The van der Waals surface area contributed by atoms with E-state index in [9.17, 15) is 4.39 Å². The van der Waals surface area contributed by atoms with Crippen molar-refractivity contribution in [1.82, 2.24) is 19.8 Å². The maximum atomic E-state index is 13.4. The van der Waals surface area contributed by atoms with Crippen molar-refractivity contribution >= 4 is 10.9 Å². The molecule has 1 fully saturated rings. The number of pyridine rings is 2. The van der Waals surface area contributed by atoms with E-state index in [4.69, 9.17) is 4.98 Å². The van der Waals surface area contributed by atoms with Gasteiger partial charge in [0.1, 0.15) is 5.82 Å². The third-order valence-corrected chi connectivity index (χ3v) is 5.63. The molecule has 0 bridgehead atoms. The molecule has 2 aromatic heterocycles. The predicted molar refractivity (Wildman–Crippen MR) is 110 cm³/mol. The largest absolute Gasteiger partial charge is 0.296 e. The van der Waals surface area contributed by atoms with Gasteiger partial charge in [-0.05, 0) is 67.9 Å². The van der Waals surface area contributed by atoms with Crippen LogP contribution in [0.5, 0.6) is 0 Å². The van der Waals surface area contributed by atoms with E-state index >= 15 is 0 Å². The number of likely N-dealkylation sites (N-methyl/N-ethyl adjacent to an activating group) is 1. The maximum Gasteiger partial charge on any atom is 0.123 e. The van der Waals surface area contributed by atoms with Crippen molar-refractivity contribution in [3.63, 3.8) is 0 Å². The Bertz CT molecular complexity index is 915. The van der Waals surface area contributed by atoms with Gasteiger partial charge in [-0.1, -0.05) is 13.0 Å². The Hall–Kier alpha value is -2.37. The van der Waals surface area contributed by atoms with Gasteiger partial charge in [-0.15, -0.1) is 0 Å². The molecule has 0 saturated carbocycles. The Morgan fingerprint density at radius 2 is 2.00 bits per heavy atom. The van der Waals surface area contributed by atoms with Crippen LogP contribution >= 0.6 is 0 Å². The third kappa shape index (κ3) is 4.54. The highest BCUT2D eigenvalue weighted by Gasteiger charge is 2.25. The lowest BCUT2D eigenvalue weighted by Gasteiger charge is -2.39. The highest BCUT2D eigenvalue weighted by Crippen LogP contribution is 2.21. The van der Waals surface area contributed by atoms with Crippen LogP contribution in [-0.4, -0.2) is 45.4 Å². The molecule has 1 aromatic carbocycles. The quantitative estimate of drug-likeness (QED) is 0.642. The Labute approximate surface area is 166 Å². The first-order chi connectivity index (χ1) is 13.7. The molecule has 1 saturated heterocycles. The highest BCUT2D eigenvalue weighted by molar-refractivity contribution is 5.78. The summed E-state index contributed by atoms with van der Waals surface area (Å²) in [5.74, 6) is -0.213. The average Bonchev–Trinajstić information content (AvgIpc) is 2.73. The molecule has 0 aliphatic carbocycles. The van der Waals surface area contributed by atoms with E-state index in [1.54, 1.807) is 12.1 Å². The molecule has 1 unspecified atom stereocenters. The summed E-state index contributed by atoms with van der Waals surface area (Å²) in [4.78, 5) is 13.9. The second-order valence-corrected chi connectivity index (χ2v) is 7.59. The molecule has 5 heteroatoms. The molecule has 1 aliphatic rings. The number of halogens is 1. The van der Waals surface area contributed by atoms with Crippen molar-refractivity contribution in [2.24, 2.45) is 0 Å². The summed E-state index contributed by atoms with van der Waals surface area (Å²) in [5.41, 5.74) is 3.23. The van der Waals surface area contributed by atoms with Crippen LogP contribution in [0, 0.1) is 5.82 Å². The first kappa shape index (κ1) is 19.0. The van der Waals surface area contributed by atoms with Gasteiger partial charge >= 0.3 is 0 Å². The smallest absolute Gasteiger partial charge is 0.123 e. The zero-order valence-corrected chi connectivity index (χ0v) is 16.4. The number of piperidine rings is 1. The molecule has 0 spiro atoms. The van der Waals surface area contributed by atoms with Crippen LogP contribution in [0.25, 0.3) is 10.9 Å². The number of hydrogen-bond acceptors (Lipinski definition) is 4. The summed E-state index contributed by atoms with van der Waals surface area (Å²) < 4.78 is 13.4. The summed E-state index contributed by atoms with van der Waals surface area (Å²) in [6, 6.07) is 13.6. The molecule has 28 heavy (non-hydrogen) atoms. The Balaban J connectivity index is 1.42. The van der Waals surface area contributed by atoms with Crippen molar-refractivity contribution < 1.29 is 4.39 Å². The first-order valence-corrected chi connectivity index (χ1v) is 10.1. The van der Waals surface area contributed by atoms with E-state index in [-0.39, 0.29) is 5.82 Å². The van der Waals surface area contributed by atoms with Gasteiger partial charge in [0.15, 0.2) is 0 Å². The maximum absolute atomic E-state index is 13.4. The molecule has 0 N–H and O–H groups in total. The Morgan fingerprint density at radius 1 is 1.14 bits per heavy atom. The third-order valence-electron chi connectivity index (χ3n) is 5.63. The highest BCUT2D eigenvalue weighted by atomic mass is 19.1. The van der Waals surface area contributed by atoms with E-state index < -0.39 is 0 Å². The minimum absolute atomic E-state index is 0.213. The zero-order valence-electron chi connectivity index (χ0n) is 16.4. The van der Waals surface area contributed by atoms with Crippen molar-refractivity contribution in [2.75, 3.05) is 19.6 Å². The molecule has 3 aromatic rings. The number of fused-ring (bicyclic) bond motifs is 1. The lowest BCUT2D eigenvalue weighted by Crippen LogP contribution is -2.47. The van der Waals surface area contributed by atoms with E-state index in [2.05, 4.69) is 33.8 Å². The van der Waals surface area contributed by atoms with Crippen LogP contribution in [0.2, 0.25) is 0 Å². The fraction of sp³-hybridized carbons (Fsp3) is 0.391. The van der Waals surface area contributed by atoms with Crippen LogP contribution in [0.4, 0.5) is 4.39 Å². The first-order valence-electron chi connectivity index (χ1n) is 10.1. The monoisotopic (exact) mass is 378 g/mol. The van der Waals surface area contributed by atoms with E-state index in [0.717, 1.165) is 49.3 Å². The average molecular weight is 378 g/mol. The van der Waals surface area contributed by atoms with Gasteiger partial charge in [0.05, 0.1) is 11.2 Å². The number of likely N-dealkylation sites (tertiary alicyclic amines) is 1. The molecule has 1 aliphatic heterocycles. The van der Waals surface area contributed by atoms with Crippen LogP contribution in [0.1, 0.15) is 31.0 Å². The zero-order chi connectivity index (χ0) is 19.3. The number of aromatic nitrogens is 2. The molecule has 0 amide bonds. The van der Waals surface area contributed by atoms with Crippen LogP contribution in [-0.2, 0) is 13.1 Å². The topological polar surface area (TPSA) is 32.3 Å². The molecular formula is C23H27FN4. The molecule has 1 atom stereocenters. The van der Waals surface area contributed by atoms with Gasteiger partial charge in [0, 0.05) is 43.5 Å². The number of rotatable bonds is 6. The molecule has 4 nitrogen and oxygen atoms in total. The van der Waals surface area contributed by atoms with Gasteiger partial charge in [-0.2, -0.15) is 0 Å². The summed E-state index contributed by atoms with van der Waals surface area (Å²) in [5, 5.41) is 0.856. The van der Waals surface area contributed by atoms with Crippen LogP contribution in [0.15, 0.2) is 54.9 Å². The number of benzene rings is 1.